The minimum atomic E-state index is -0.660. The molecule has 0 bridgehead atoms. The van der Waals surface area contributed by atoms with Crippen molar-refractivity contribution in [3.8, 4) is 5.75 Å². The molecule has 0 fully saturated rings. The van der Waals surface area contributed by atoms with Gasteiger partial charge in [0.2, 0.25) is 5.91 Å². The number of carbonyl (C=O) groups is 2. The van der Waals surface area contributed by atoms with Crippen LogP contribution in [0.2, 0.25) is 0 Å². The standard InChI is InChI=1S/C16H13FN2O5/c17-11-3-1-10(2-4-11)14(20)7-8-16(22)18-13-9-12(19(23)24)5-6-15(13)21/h1-6,9,21H,7-8H2,(H,18,22). The molecule has 0 heterocycles. The number of nitrogens with zero attached hydrogens (tertiary/aromatic N) is 1. The van der Waals surface area contributed by atoms with Crippen LogP contribution >= 0.6 is 0 Å². The number of anilines is 1. The van der Waals surface area contributed by atoms with Crippen LogP contribution in [0.5, 0.6) is 5.75 Å². The summed E-state index contributed by atoms with van der Waals surface area (Å²) in [5.74, 6) is -1.71. The highest BCUT2D eigenvalue weighted by Gasteiger charge is 2.14. The van der Waals surface area contributed by atoms with Crippen LogP contribution in [0.15, 0.2) is 42.5 Å². The first-order chi connectivity index (χ1) is 11.4. The number of nitrogens with one attached hydrogen (secondary N) is 1. The molecule has 0 radical (unpaired) electrons. The van der Waals surface area contributed by atoms with Crippen LogP contribution in [-0.2, 0) is 4.79 Å². The number of phenolic OH excluding ortho intramolecular Hbond substituents is 1. The third-order valence-electron chi connectivity index (χ3n) is 3.21. The van der Waals surface area contributed by atoms with Crippen LogP contribution in [-0.4, -0.2) is 21.7 Å². The number of benzene rings is 2. The molecule has 0 atom stereocenters. The number of Topliss-reactive ketones (excluding diaryl/α,β-unsaturated/α-hetero) is 1. The third kappa shape index (κ3) is 4.35. The fourth-order valence-electron chi connectivity index (χ4n) is 1.96. The highest BCUT2D eigenvalue weighted by molar-refractivity contribution is 6.00. The van der Waals surface area contributed by atoms with Gasteiger partial charge in [0.05, 0.1) is 10.6 Å². The number of nitro groups is 1. The summed E-state index contributed by atoms with van der Waals surface area (Å²) in [6.45, 7) is 0. The lowest BCUT2D eigenvalue weighted by Crippen LogP contribution is -2.13. The minimum Gasteiger partial charge on any atom is -0.506 e. The van der Waals surface area contributed by atoms with E-state index in [0.717, 1.165) is 30.3 Å². The van der Waals surface area contributed by atoms with Gasteiger partial charge >= 0.3 is 0 Å². The Kier molecular flexibility index (Phi) is 5.20. The molecular formula is C16H13FN2O5. The summed E-state index contributed by atoms with van der Waals surface area (Å²) < 4.78 is 12.8. The first kappa shape index (κ1) is 17.1. The number of halogens is 1. The molecule has 2 N–H and O–H groups in total. The van der Waals surface area contributed by atoms with E-state index in [4.69, 9.17) is 0 Å². The van der Waals surface area contributed by atoms with Crippen molar-refractivity contribution in [3.63, 3.8) is 0 Å². The van der Waals surface area contributed by atoms with E-state index in [1.165, 1.54) is 12.1 Å². The Balaban J connectivity index is 1.96. The molecule has 124 valence electrons. The highest BCUT2D eigenvalue weighted by atomic mass is 19.1. The van der Waals surface area contributed by atoms with Crippen molar-refractivity contribution < 1.29 is 24.0 Å². The van der Waals surface area contributed by atoms with E-state index < -0.39 is 16.6 Å². The molecule has 2 aromatic rings. The fourth-order valence-corrected chi connectivity index (χ4v) is 1.96. The molecule has 0 aliphatic carbocycles. The summed E-state index contributed by atoms with van der Waals surface area (Å²) in [7, 11) is 0. The molecule has 7 nitrogen and oxygen atoms in total. The number of ketones is 1. The Bertz CT molecular complexity index is 790. The Labute approximate surface area is 135 Å². The number of amides is 1. The van der Waals surface area contributed by atoms with Gasteiger partial charge in [-0.1, -0.05) is 0 Å². The van der Waals surface area contributed by atoms with Crippen LogP contribution in [0.4, 0.5) is 15.8 Å². The van der Waals surface area contributed by atoms with Gasteiger partial charge in [0.25, 0.3) is 5.69 Å². The third-order valence-corrected chi connectivity index (χ3v) is 3.21. The molecular weight excluding hydrogens is 319 g/mol. The van der Waals surface area contributed by atoms with Gasteiger partial charge in [-0.05, 0) is 30.3 Å². The lowest BCUT2D eigenvalue weighted by molar-refractivity contribution is -0.384. The van der Waals surface area contributed by atoms with Crippen molar-refractivity contribution >= 4 is 23.1 Å². The second-order valence-corrected chi connectivity index (χ2v) is 4.94. The molecule has 0 aliphatic rings. The first-order valence-corrected chi connectivity index (χ1v) is 6.93. The Morgan fingerprint density at radius 1 is 1.12 bits per heavy atom. The van der Waals surface area contributed by atoms with Gasteiger partial charge in [-0.15, -0.1) is 0 Å². The zero-order chi connectivity index (χ0) is 17.7. The maximum absolute atomic E-state index is 12.8. The van der Waals surface area contributed by atoms with Crippen LogP contribution in [0.3, 0.4) is 0 Å². The molecule has 2 rings (SSSR count). The quantitative estimate of drug-likeness (QED) is 0.366. The zero-order valence-corrected chi connectivity index (χ0v) is 12.4. The average Bonchev–Trinajstić information content (AvgIpc) is 2.55. The molecule has 24 heavy (non-hydrogen) atoms. The normalized spacial score (nSPS) is 10.2. The number of aromatic hydroxyl groups is 1. The highest BCUT2D eigenvalue weighted by Crippen LogP contribution is 2.27. The van der Waals surface area contributed by atoms with Gasteiger partial charge in [0.15, 0.2) is 5.78 Å². The van der Waals surface area contributed by atoms with Gasteiger partial charge in [-0.3, -0.25) is 19.7 Å². The second-order valence-electron chi connectivity index (χ2n) is 4.94. The lowest BCUT2D eigenvalue weighted by atomic mass is 10.1. The summed E-state index contributed by atoms with van der Waals surface area (Å²) in [5.41, 5.74) is -0.115. The number of hydrogen-bond acceptors (Lipinski definition) is 5. The molecule has 0 spiro atoms. The molecule has 8 heteroatoms. The Morgan fingerprint density at radius 2 is 1.79 bits per heavy atom. The number of nitro benzene ring substituents is 1. The molecule has 0 saturated carbocycles. The number of carbonyl (C=O) groups excluding carboxylic acids is 2. The number of phenols is 1. The lowest BCUT2D eigenvalue weighted by Gasteiger charge is -2.07. The Hall–Kier alpha value is -3.29. The second kappa shape index (κ2) is 7.32. The van der Waals surface area contributed by atoms with Crippen LogP contribution < -0.4 is 5.32 Å². The summed E-state index contributed by atoms with van der Waals surface area (Å²) in [6.07, 6.45) is -0.300. The number of hydrogen-bond donors (Lipinski definition) is 2. The van der Waals surface area contributed by atoms with Gasteiger partial charge in [-0.2, -0.15) is 0 Å². The van der Waals surface area contributed by atoms with Crippen LogP contribution in [0, 0.1) is 15.9 Å². The van der Waals surface area contributed by atoms with Crippen LogP contribution in [0.25, 0.3) is 0 Å². The SMILES string of the molecule is O=C(CCC(=O)c1ccc(F)cc1)Nc1cc([N+](=O)[O-])ccc1O. The van der Waals surface area contributed by atoms with Crippen molar-refractivity contribution in [1.29, 1.82) is 0 Å². The summed E-state index contributed by atoms with van der Waals surface area (Å²) in [4.78, 5) is 33.7. The number of non-ortho nitro benzene ring substituents is 1. The first-order valence-electron chi connectivity index (χ1n) is 6.93. The fraction of sp³-hybridized carbons (Fsp3) is 0.125. The van der Waals surface area contributed by atoms with Crippen molar-refractivity contribution in [2.45, 2.75) is 12.8 Å². The minimum absolute atomic E-state index is 0.108. The monoisotopic (exact) mass is 332 g/mol. The molecule has 0 aromatic heterocycles. The largest absolute Gasteiger partial charge is 0.506 e. The molecule has 1 amide bonds. The summed E-state index contributed by atoms with van der Waals surface area (Å²) in [6, 6.07) is 8.16. The van der Waals surface area contributed by atoms with Crippen molar-refractivity contribution in [3.05, 3.63) is 64.0 Å². The molecule has 2 aromatic carbocycles. The summed E-state index contributed by atoms with van der Waals surface area (Å²) >= 11 is 0. The van der Waals surface area contributed by atoms with E-state index in [1.807, 2.05) is 0 Å². The van der Waals surface area contributed by atoms with Crippen molar-refractivity contribution in [2.75, 3.05) is 5.32 Å². The number of rotatable bonds is 6. The van der Waals surface area contributed by atoms with Gasteiger partial charge in [0, 0.05) is 30.5 Å². The maximum Gasteiger partial charge on any atom is 0.271 e. The summed E-state index contributed by atoms with van der Waals surface area (Å²) in [5, 5.41) is 22.6. The molecule has 0 unspecified atom stereocenters. The van der Waals surface area contributed by atoms with Crippen molar-refractivity contribution in [2.24, 2.45) is 0 Å². The smallest absolute Gasteiger partial charge is 0.271 e. The maximum atomic E-state index is 12.8. The average molecular weight is 332 g/mol. The van der Waals surface area contributed by atoms with Gasteiger partial charge < -0.3 is 10.4 Å². The topological polar surface area (TPSA) is 110 Å². The van der Waals surface area contributed by atoms with E-state index in [-0.39, 0.29) is 41.3 Å². The predicted molar refractivity (Wildman–Crippen MR) is 83.4 cm³/mol. The Morgan fingerprint density at radius 3 is 2.42 bits per heavy atom. The van der Waals surface area contributed by atoms with E-state index in [0.29, 0.717) is 0 Å². The predicted octanol–water partition coefficient (Wildman–Crippen LogP) is 3.04. The zero-order valence-electron chi connectivity index (χ0n) is 12.4. The molecule has 0 aliphatic heterocycles. The van der Waals surface area contributed by atoms with E-state index in [2.05, 4.69) is 5.32 Å². The van der Waals surface area contributed by atoms with Gasteiger partial charge in [0.1, 0.15) is 11.6 Å². The van der Waals surface area contributed by atoms with Gasteiger partial charge in [-0.25, -0.2) is 4.39 Å². The van der Waals surface area contributed by atoms with Crippen LogP contribution in [0.1, 0.15) is 23.2 Å². The van der Waals surface area contributed by atoms with E-state index in [9.17, 15) is 29.2 Å². The van der Waals surface area contributed by atoms with Crippen molar-refractivity contribution in [1.82, 2.24) is 0 Å². The molecule has 0 saturated heterocycles. The van der Waals surface area contributed by atoms with E-state index in [1.54, 1.807) is 0 Å². The van der Waals surface area contributed by atoms with E-state index >= 15 is 0 Å².